The Balaban J connectivity index is 4.21. The van der Waals surface area contributed by atoms with Crippen molar-refractivity contribution < 1.29 is 30.3 Å². The number of hydrazone groups is 1. The highest BCUT2D eigenvalue weighted by atomic mass is 16.4. The summed E-state index contributed by atoms with van der Waals surface area (Å²) in [6.07, 6.45) is -6.03. The van der Waals surface area contributed by atoms with Crippen molar-refractivity contribution >= 4 is 12.2 Å². The van der Waals surface area contributed by atoms with Crippen molar-refractivity contribution in [2.45, 2.75) is 24.4 Å². The first-order chi connectivity index (χ1) is 7.40. The molecule has 0 aliphatic carbocycles. The molecule has 0 bridgehead atoms. The number of urea groups is 1. The van der Waals surface area contributed by atoms with Crippen molar-refractivity contribution in [1.29, 1.82) is 0 Å². The molecule has 16 heavy (non-hydrogen) atoms. The van der Waals surface area contributed by atoms with Crippen LogP contribution in [-0.2, 0) is 0 Å². The van der Waals surface area contributed by atoms with Gasteiger partial charge in [0.25, 0.3) is 0 Å². The molecule has 94 valence electrons. The fraction of sp³-hybridized carbons (Fsp3) is 0.714. The minimum atomic E-state index is -1.76. The number of hydrogen-bond donors (Lipinski definition) is 7. The molecule has 0 aromatic carbocycles. The molecule has 4 atom stereocenters. The summed E-state index contributed by atoms with van der Waals surface area (Å²) >= 11 is 0. The van der Waals surface area contributed by atoms with Crippen LogP contribution in [-0.4, -0.2) is 68.8 Å². The first-order valence-electron chi connectivity index (χ1n) is 4.32. The molecule has 0 unspecified atom stereocenters. The summed E-state index contributed by atoms with van der Waals surface area (Å²) < 4.78 is 0. The molecule has 0 saturated carbocycles. The van der Waals surface area contributed by atoms with Crippen molar-refractivity contribution in [1.82, 2.24) is 5.43 Å². The van der Waals surface area contributed by atoms with Gasteiger partial charge in [-0.25, -0.2) is 10.2 Å². The third-order valence-corrected chi connectivity index (χ3v) is 1.68. The molecule has 0 radical (unpaired) electrons. The number of nitrogens with zero attached hydrogens (tertiary/aromatic N) is 1. The lowest BCUT2D eigenvalue weighted by Gasteiger charge is -2.23. The van der Waals surface area contributed by atoms with E-state index in [1.165, 1.54) is 0 Å². The lowest BCUT2D eigenvalue weighted by molar-refractivity contribution is -0.0999. The fourth-order valence-corrected chi connectivity index (χ4v) is 0.803. The summed E-state index contributed by atoms with van der Waals surface area (Å²) in [6, 6.07) is -0.964. The molecule has 0 spiro atoms. The van der Waals surface area contributed by atoms with Gasteiger partial charge < -0.3 is 31.3 Å². The summed E-state index contributed by atoms with van der Waals surface area (Å²) in [7, 11) is 0. The predicted octanol–water partition coefficient (Wildman–Crippen LogP) is -3.92. The zero-order chi connectivity index (χ0) is 12.7. The van der Waals surface area contributed by atoms with Gasteiger partial charge in [0.1, 0.15) is 24.4 Å². The number of aliphatic hydroxyl groups excluding tert-OH is 5. The van der Waals surface area contributed by atoms with E-state index in [1.807, 2.05) is 0 Å². The van der Waals surface area contributed by atoms with Crippen molar-refractivity contribution in [3.8, 4) is 0 Å². The van der Waals surface area contributed by atoms with E-state index in [4.69, 9.17) is 10.2 Å². The molecule has 0 aliphatic heterocycles. The van der Waals surface area contributed by atoms with Gasteiger partial charge in [0.05, 0.1) is 12.8 Å². The van der Waals surface area contributed by atoms with E-state index < -0.39 is 37.1 Å². The van der Waals surface area contributed by atoms with Gasteiger partial charge in [-0.15, -0.1) is 0 Å². The second-order valence-corrected chi connectivity index (χ2v) is 2.98. The number of amides is 2. The SMILES string of the molecule is NC(=O)NN=C[C@@H](O)[C@@H](O)[C@H](O)[C@H](O)CO. The average molecular weight is 237 g/mol. The van der Waals surface area contributed by atoms with Crippen molar-refractivity contribution in [3.63, 3.8) is 0 Å². The molecule has 9 nitrogen and oxygen atoms in total. The van der Waals surface area contributed by atoms with E-state index in [0.29, 0.717) is 6.21 Å². The second-order valence-electron chi connectivity index (χ2n) is 2.98. The monoisotopic (exact) mass is 237 g/mol. The molecular formula is C7H15N3O6. The van der Waals surface area contributed by atoms with Crippen LogP contribution in [0.2, 0.25) is 0 Å². The number of rotatable bonds is 6. The molecule has 0 fully saturated rings. The zero-order valence-electron chi connectivity index (χ0n) is 8.26. The van der Waals surface area contributed by atoms with Crippen LogP contribution in [0.5, 0.6) is 0 Å². The van der Waals surface area contributed by atoms with Crippen LogP contribution in [0.3, 0.4) is 0 Å². The number of carbonyl (C=O) groups excluding carboxylic acids is 1. The molecular weight excluding hydrogens is 222 g/mol. The quantitative estimate of drug-likeness (QED) is 0.184. The van der Waals surface area contributed by atoms with Crippen LogP contribution >= 0.6 is 0 Å². The van der Waals surface area contributed by atoms with Crippen LogP contribution in [0.25, 0.3) is 0 Å². The number of nitrogens with one attached hydrogen (secondary N) is 1. The van der Waals surface area contributed by atoms with E-state index in [0.717, 1.165) is 0 Å². The Bertz CT molecular complexity index is 248. The molecule has 0 heterocycles. The van der Waals surface area contributed by atoms with Crippen LogP contribution in [0, 0.1) is 0 Å². The second kappa shape index (κ2) is 7.09. The Morgan fingerprint density at radius 3 is 2.31 bits per heavy atom. The van der Waals surface area contributed by atoms with Gasteiger partial charge >= 0.3 is 6.03 Å². The number of nitrogens with two attached hydrogens (primary N) is 1. The highest BCUT2D eigenvalue weighted by Gasteiger charge is 2.29. The lowest BCUT2D eigenvalue weighted by Crippen LogP contribution is -2.46. The minimum absolute atomic E-state index is 0.711. The normalized spacial score (nSPS) is 19.1. The highest BCUT2D eigenvalue weighted by molar-refractivity contribution is 5.73. The maximum atomic E-state index is 10.2. The number of carbonyl (C=O) groups is 1. The maximum Gasteiger partial charge on any atom is 0.332 e. The Labute approximate surface area is 90.8 Å². The largest absolute Gasteiger partial charge is 0.394 e. The van der Waals surface area contributed by atoms with Crippen molar-refractivity contribution in [2.75, 3.05) is 6.61 Å². The minimum Gasteiger partial charge on any atom is -0.394 e. The number of aliphatic hydroxyl groups is 5. The summed E-state index contributed by atoms with van der Waals surface area (Å²) in [6.45, 7) is -0.776. The van der Waals surface area contributed by atoms with Gasteiger partial charge in [0, 0.05) is 0 Å². The topological polar surface area (TPSA) is 169 Å². The van der Waals surface area contributed by atoms with E-state index >= 15 is 0 Å². The molecule has 2 amide bonds. The maximum absolute atomic E-state index is 10.2. The molecule has 0 aromatic rings. The Morgan fingerprint density at radius 2 is 1.88 bits per heavy atom. The van der Waals surface area contributed by atoms with E-state index in [1.54, 1.807) is 5.43 Å². The van der Waals surface area contributed by atoms with Crippen LogP contribution < -0.4 is 11.2 Å². The molecule has 0 saturated heterocycles. The first kappa shape index (κ1) is 14.7. The first-order valence-corrected chi connectivity index (χ1v) is 4.32. The Morgan fingerprint density at radius 1 is 1.31 bits per heavy atom. The fourth-order valence-electron chi connectivity index (χ4n) is 0.803. The van der Waals surface area contributed by atoms with Crippen LogP contribution in [0.1, 0.15) is 0 Å². The number of primary amides is 1. The van der Waals surface area contributed by atoms with E-state index in [9.17, 15) is 20.1 Å². The Kier molecular flexibility index (Phi) is 6.53. The van der Waals surface area contributed by atoms with Gasteiger partial charge in [-0.3, -0.25) is 0 Å². The number of hydrogen-bond acceptors (Lipinski definition) is 7. The van der Waals surface area contributed by atoms with Crippen LogP contribution in [0.15, 0.2) is 5.10 Å². The van der Waals surface area contributed by atoms with Gasteiger partial charge in [-0.05, 0) is 0 Å². The molecule has 0 aromatic heterocycles. The van der Waals surface area contributed by atoms with Gasteiger partial charge in [0.15, 0.2) is 0 Å². The van der Waals surface area contributed by atoms with E-state index in [2.05, 4.69) is 10.8 Å². The smallest absolute Gasteiger partial charge is 0.332 e. The van der Waals surface area contributed by atoms with Gasteiger partial charge in [-0.2, -0.15) is 5.10 Å². The lowest BCUT2D eigenvalue weighted by atomic mass is 10.0. The zero-order valence-corrected chi connectivity index (χ0v) is 8.26. The summed E-state index contributed by atoms with van der Waals surface area (Å²) in [5, 5.41) is 48.2. The molecule has 8 N–H and O–H groups in total. The van der Waals surface area contributed by atoms with Gasteiger partial charge in [-0.1, -0.05) is 0 Å². The third kappa shape index (κ3) is 5.00. The van der Waals surface area contributed by atoms with Crippen molar-refractivity contribution in [2.24, 2.45) is 10.8 Å². The molecule has 0 aliphatic rings. The standard InChI is InChI=1S/C7H15N3O6/c8-7(16)10-9-1-3(12)5(14)6(15)4(13)2-11/h1,3-6,11-15H,2H2,(H3,8,10,16)/t3-,4-,5-,6-/m1/s1. The third-order valence-electron chi connectivity index (χ3n) is 1.68. The van der Waals surface area contributed by atoms with Crippen molar-refractivity contribution in [3.05, 3.63) is 0 Å². The summed E-state index contributed by atoms with van der Waals surface area (Å²) in [5.74, 6) is 0. The molecule has 9 heteroatoms. The molecule has 0 rings (SSSR count). The van der Waals surface area contributed by atoms with Crippen LogP contribution in [0.4, 0.5) is 4.79 Å². The average Bonchev–Trinajstić information content (AvgIpc) is 2.25. The highest BCUT2D eigenvalue weighted by Crippen LogP contribution is 2.03. The Hall–Kier alpha value is -1.26. The summed E-state index contributed by atoms with van der Waals surface area (Å²) in [5.41, 5.74) is 6.41. The van der Waals surface area contributed by atoms with E-state index in [-0.39, 0.29) is 0 Å². The summed E-state index contributed by atoms with van der Waals surface area (Å²) in [4.78, 5) is 10.2. The van der Waals surface area contributed by atoms with Gasteiger partial charge in [0.2, 0.25) is 0 Å². The predicted molar refractivity (Wildman–Crippen MR) is 52.3 cm³/mol.